The zero-order valence-electron chi connectivity index (χ0n) is 36.3. The molecule has 2 unspecified atom stereocenters. The van der Waals surface area contributed by atoms with Crippen LogP contribution in [0, 0.1) is 35.5 Å². The van der Waals surface area contributed by atoms with Gasteiger partial charge in [-0.15, -0.1) is 0 Å². The van der Waals surface area contributed by atoms with E-state index in [0.29, 0.717) is 25.6 Å². The van der Waals surface area contributed by atoms with Crippen LogP contribution in [-0.2, 0) is 19.1 Å². The van der Waals surface area contributed by atoms with Crippen LogP contribution in [0.4, 0.5) is 0 Å². The standard InChI is InChI=1S/C42H78O4.C5H12O3/c1-5-9-11-13-15-17-27-38(31-29-35-23-19-24-35)41(43)45-33-40(37(21-7-3)22-8-4)34-46-42(44)39(32-30-36-25-20-26-36)28-18-16-14-12-10-6-2;1-5(7,8)3-2-4-6/h35-40H,5-34H2,1-4H3;6-8H,2-4H2,1H3. The molecule has 2 aliphatic rings. The summed E-state index contributed by atoms with van der Waals surface area (Å²) < 4.78 is 12.4. The Kier molecular flexibility index (Phi) is 30.9. The van der Waals surface area contributed by atoms with Crippen LogP contribution in [0.2, 0.25) is 0 Å². The van der Waals surface area contributed by atoms with E-state index >= 15 is 0 Å². The molecule has 2 rings (SSSR count). The van der Waals surface area contributed by atoms with Gasteiger partial charge in [0, 0.05) is 18.9 Å². The Hall–Kier alpha value is -1.18. The molecule has 0 saturated heterocycles. The molecule has 54 heavy (non-hydrogen) atoms. The summed E-state index contributed by atoms with van der Waals surface area (Å²) >= 11 is 0. The van der Waals surface area contributed by atoms with E-state index in [2.05, 4.69) is 27.7 Å². The van der Waals surface area contributed by atoms with E-state index in [9.17, 15) is 9.59 Å². The molecule has 3 N–H and O–H groups in total. The summed E-state index contributed by atoms with van der Waals surface area (Å²) in [4.78, 5) is 27.2. The number of rotatable bonds is 34. The molecule has 7 nitrogen and oxygen atoms in total. The molecule has 0 aromatic rings. The van der Waals surface area contributed by atoms with Gasteiger partial charge in [0.2, 0.25) is 0 Å². The van der Waals surface area contributed by atoms with Crippen molar-refractivity contribution in [3.8, 4) is 0 Å². The largest absolute Gasteiger partial charge is 0.465 e. The van der Waals surface area contributed by atoms with Crippen molar-refractivity contribution in [1.82, 2.24) is 0 Å². The van der Waals surface area contributed by atoms with Gasteiger partial charge in [-0.1, -0.05) is 169 Å². The van der Waals surface area contributed by atoms with Gasteiger partial charge in [0.25, 0.3) is 0 Å². The summed E-state index contributed by atoms with van der Waals surface area (Å²) in [6.07, 6.45) is 34.4. The molecule has 2 aliphatic carbocycles. The summed E-state index contributed by atoms with van der Waals surface area (Å²) in [6, 6.07) is 0. The van der Waals surface area contributed by atoms with Crippen molar-refractivity contribution in [1.29, 1.82) is 0 Å². The number of aliphatic hydroxyl groups is 3. The minimum absolute atomic E-state index is 0.0106. The normalized spacial score (nSPS) is 16.5. The average Bonchev–Trinajstić information content (AvgIpc) is 3.10. The highest BCUT2D eigenvalue weighted by molar-refractivity contribution is 5.73. The highest BCUT2D eigenvalue weighted by atomic mass is 16.5. The van der Waals surface area contributed by atoms with Gasteiger partial charge in [-0.3, -0.25) is 9.59 Å². The van der Waals surface area contributed by atoms with Gasteiger partial charge < -0.3 is 24.8 Å². The lowest BCUT2D eigenvalue weighted by molar-refractivity contribution is -0.156. The quantitative estimate of drug-likeness (QED) is 0.0339. The van der Waals surface area contributed by atoms with Gasteiger partial charge >= 0.3 is 11.9 Å². The first kappa shape index (κ1) is 50.8. The van der Waals surface area contributed by atoms with Gasteiger partial charge in [0.1, 0.15) is 0 Å². The van der Waals surface area contributed by atoms with Gasteiger partial charge in [-0.25, -0.2) is 0 Å². The van der Waals surface area contributed by atoms with E-state index in [4.69, 9.17) is 24.8 Å². The monoisotopic (exact) mass is 767 g/mol. The van der Waals surface area contributed by atoms with Gasteiger partial charge in [-0.2, -0.15) is 0 Å². The molecule has 0 aliphatic heterocycles. The Labute approximate surface area is 333 Å². The minimum Gasteiger partial charge on any atom is -0.465 e. The first-order chi connectivity index (χ1) is 26.1. The number of carbonyl (C=O) groups excluding carboxylic acids is 2. The van der Waals surface area contributed by atoms with Crippen LogP contribution in [0.3, 0.4) is 0 Å². The second kappa shape index (κ2) is 32.9. The lowest BCUT2D eigenvalue weighted by atomic mass is 9.79. The van der Waals surface area contributed by atoms with Crippen molar-refractivity contribution in [2.24, 2.45) is 35.5 Å². The van der Waals surface area contributed by atoms with Crippen LogP contribution in [0.5, 0.6) is 0 Å². The summed E-state index contributed by atoms with van der Waals surface area (Å²) in [6.45, 7) is 11.1. The molecular weight excluding hydrogens is 677 g/mol. The number of ether oxygens (including phenoxy) is 2. The molecule has 0 bridgehead atoms. The van der Waals surface area contributed by atoms with Crippen molar-refractivity contribution < 1.29 is 34.4 Å². The number of esters is 2. The average molecular weight is 767 g/mol. The lowest BCUT2D eigenvalue weighted by Gasteiger charge is -2.29. The smallest absolute Gasteiger partial charge is 0.308 e. The number of aliphatic hydroxyl groups excluding tert-OH is 1. The van der Waals surface area contributed by atoms with E-state index in [1.807, 2.05) is 0 Å². The third-order valence-corrected chi connectivity index (χ3v) is 12.4. The molecular formula is C47H90O7. The minimum atomic E-state index is -1.61. The molecule has 0 radical (unpaired) electrons. The molecule has 2 saturated carbocycles. The molecule has 0 spiro atoms. The molecule has 7 heteroatoms. The maximum absolute atomic E-state index is 13.6. The number of carbonyl (C=O) groups is 2. The predicted molar refractivity (Wildman–Crippen MR) is 224 cm³/mol. The Bertz CT molecular complexity index is 818. The number of hydrogen-bond acceptors (Lipinski definition) is 7. The second-order valence-electron chi connectivity index (χ2n) is 17.7. The summed E-state index contributed by atoms with van der Waals surface area (Å²) in [5.74, 6) is 0.624. The Morgan fingerprint density at radius 1 is 0.556 bits per heavy atom. The molecule has 2 atom stereocenters. The van der Waals surface area contributed by atoms with E-state index in [1.54, 1.807) is 0 Å². The van der Waals surface area contributed by atoms with Crippen molar-refractivity contribution in [2.45, 2.75) is 233 Å². The van der Waals surface area contributed by atoms with Crippen molar-refractivity contribution in [3.63, 3.8) is 0 Å². The molecule has 2 fully saturated rings. The zero-order chi connectivity index (χ0) is 39.9. The van der Waals surface area contributed by atoms with E-state index < -0.39 is 5.79 Å². The third kappa shape index (κ3) is 25.9. The lowest BCUT2D eigenvalue weighted by Crippen LogP contribution is -2.31. The van der Waals surface area contributed by atoms with E-state index in [0.717, 1.165) is 76.0 Å². The number of hydrogen-bond donors (Lipinski definition) is 3. The van der Waals surface area contributed by atoms with Gasteiger partial charge in [0.05, 0.1) is 25.0 Å². The Balaban J connectivity index is 0.00000163. The highest BCUT2D eigenvalue weighted by Crippen LogP contribution is 2.35. The highest BCUT2D eigenvalue weighted by Gasteiger charge is 2.30. The summed E-state index contributed by atoms with van der Waals surface area (Å²) in [5, 5.41) is 25.4. The third-order valence-electron chi connectivity index (χ3n) is 12.4. The van der Waals surface area contributed by atoms with Crippen LogP contribution in [0.15, 0.2) is 0 Å². The van der Waals surface area contributed by atoms with Crippen LogP contribution >= 0.6 is 0 Å². The topological polar surface area (TPSA) is 113 Å². The van der Waals surface area contributed by atoms with Gasteiger partial charge in [-0.05, 0) is 69.6 Å². The van der Waals surface area contributed by atoms with Gasteiger partial charge in [0.15, 0.2) is 5.79 Å². The summed E-state index contributed by atoms with van der Waals surface area (Å²) in [5.41, 5.74) is 0. The first-order valence-electron chi connectivity index (χ1n) is 23.5. The predicted octanol–water partition coefficient (Wildman–Crippen LogP) is 12.3. The van der Waals surface area contributed by atoms with E-state index in [1.165, 1.54) is 122 Å². The SMILES string of the molecule is CC(O)(O)CCCO.CCCCCCCCC(CCC1CCC1)C(=O)OCC(COC(=O)C(CCCCCCCC)CCC1CCC1)C(CCC)CCC. The fraction of sp³-hybridized carbons (Fsp3) is 0.957. The van der Waals surface area contributed by atoms with E-state index in [-0.39, 0.29) is 42.7 Å². The van der Waals surface area contributed by atoms with Crippen LogP contribution in [0.25, 0.3) is 0 Å². The Morgan fingerprint density at radius 2 is 0.963 bits per heavy atom. The maximum Gasteiger partial charge on any atom is 0.308 e. The number of unbranched alkanes of at least 4 members (excludes halogenated alkanes) is 10. The molecule has 0 amide bonds. The second-order valence-corrected chi connectivity index (χ2v) is 17.7. The Morgan fingerprint density at radius 3 is 1.28 bits per heavy atom. The van der Waals surface area contributed by atoms with Crippen LogP contribution in [0.1, 0.15) is 227 Å². The van der Waals surface area contributed by atoms with Crippen molar-refractivity contribution in [2.75, 3.05) is 19.8 Å². The molecule has 320 valence electrons. The summed E-state index contributed by atoms with van der Waals surface area (Å²) in [7, 11) is 0. The maximum atomic E-state index is 13.6. The molecule has 0 aromatic heterocycles. The molecule has 0 heterocycles. The molecule has 0 aromatic carbocycles. The van der Waals surface area contributed by atoms with Crippen LogP contribution < -0.4 is 0 Å². The fourth-order valence-corrected chi connectivity index (χ4v) is 8.24. The van der Waals surface area contributed by atoms with Crippen molar-refractivity contribution in [3.05, 3.63) is 0 Å². The van der Waals surface area contributed by atoms with Crippen LogP contribution in [-0.4, -0.2) is 52.9 Å². The fourth-order valence-electron chi connectivity index (χ4n) is 8.24. The zero-order valence-corrected chi connectivity index (χ0v) is 36.3. The first-order valence-corrected chi connectivity index (χ1v) is 23.5. The van der Waals surface area contributed by atoms with Crippen molar-refractivity contribution >= 4 is 11.9 Å².